The van der Waals surface area contributed by atoms with E-state index in [1.165, 1.54) is 0 Å². The first-order valence-electron chi connectivity index (χ1n) is 8.45. The van der Waals surface area contributed by atoms with E-state index in [-0.39, 0.29) is 5.78 Å². The summed E-state index contributed by atoms with van der Waals surface area (Å²) < 4.78 is 5.09. The lowest BCUT2D eigenvalue weighted by Gasteiger charge is -2.05. The van der Waals surface area contributed by atoms with Crippen LogP contribution in [0.1, 0.15) is 37.7 Å². The molecule has 6 heteroatoms. The maximum absolute atomic E-state index is 12.5. The van der Waals surface area contributed by atoms with Gasteiger partial charge in [-0.1, -0.05) is 12.1 Å². The summed E-state index contributed by atoms with van der Waals surface area (Å²) in [5, 5.41) is 0. The highest BCUT2D eigenvalue weighted by atomic mass is 16.5. The maximum Gasteiger partial charge on any atom is 0.248 e. The van der Waals surface area contributed by atoms with Gasteiger partial charge < -0.3 is 10.5 Å². The maximum atomic E-state index is 12.5. The SMILES string of the molecule is COc1ccc(C(=O)c2cnc(CCc3ccc(C(N)=O)cc3)nc2)cc1. The van der Waals surface area contributed by atoms with Crippen LogP contribution in [0, 0.1) is 0 Å². The predicted octanol–water partition coefficient (Wildman–Crippen LogP) is 2.60. The molecular formula is C21H19N3O3. The van der Waals surface area contributed by atoms with Gasteiger partial charge in [-0.15, -0.1) is 0 Å². The van der Waals surface area contributed by atoms with Gasteiger partial charge in [0, 0.05) is 29.9 Å². The number of nitrogens with zero attached hydrogens (tertiary/aromatic N) is 2. The molecule has 0 bridgehead atoms. The Morgan fingerprint density at radius 3 is 2.00 bits per heavy atom. The molecule has 2 N–H and O–H groups in total. The minimum atomic E-state index is -0.443. The molecule has 0 aliphatic carbocycles. The van der Waals surface area contributed by atoms with Crippen molar-refractivity contribution in [3.63, 3.8) is 0 Å². The number of rotatable bonds is 7. The quantitative estimate of drug-likeness (QED) is 0.653. The molecule has 1 aromatic heterocycles. The van der Waals surface area contributed by atoms with E-state index in [2.05, 4.69) is 9.97 Å². The van der Waals surface area contributed by atoms with Crippen LogP contribution in [0.15, 0.2) is 60.9 Å². The van der Waals surface area contributed by atoms with Crippen molar-refractivity contribution in [3.05, 3.63) is 89.0 Å². The summed E-state index contributed by atoms with van der Waals surface area (Å²) in [5.74, 6) is 0.774. The molecule has 0 aliphatic rings. The predicted molar refractivity (Wildman–Crippen MR) is 101 cm³/mol. The van der Waals surface area contributed by atoms with Crippen LogP contribution < -0.4 is 10.5 Å². The highest BCUT2D eigenvalue weighted by Crippen LogP contribution is 2.14. The third kappa shape index (κ3) is 4.55. The molecule has 1 heterocycles. The number of ether oxygens (including phenoxy) is 1. The Bertz CT molecular complexity index is 934. The van der Waals surface area contributed by atoms with E-state index in [1.807, 2.05) is 12.1 Å². The van der Waals surface area contributed by atoms with Crippen molar-refractivity contribution in [3.8, 4) is 5.75 Å². The number of hydrogen-bond donors (Lipinski definition) is 1. The Hall–Kier alpha value is -3.54. The first-order chi connectivity index (χ1) is 13.1. The summed E-state index contributed by atoms with van der Waals surface area (Å²) in [4.78, 5) is 32.1. The summed E-state index contributed by atoms with van der Waals surface area (Å²) in [6, 6.07) is 14.0. The van der Waals surface area contributed by atoms with E-state index in [0.29, 0.717) is 34.7 Å². The van der Waals surface area contributed by atoms with Crippen molar-refractivity contribution in [1.29, 1.82) is 0 Å². The van der Waals surface area contributed by atoms with Gasteiger partial charge in [0.1, 0.15) is 11.6 Å². The number of carbonyl (C=O) groups excluding carboxylic acids is 2. The number of aromatic nitrogens is 2. The van der Waals surface area contributed by atoms with Gasteiger partial charge in [0.2, 0.25) is 5.91 Å². The zero-order chi connectivity index (χ0) is 19.2. The van der Waals surface area contributed by atoms with E-state index in [4.69, 9.17) is 10.5 Å². The fourth-order valence-corrected chi connectivity index (χ4v) is 2.60. The Kier molecular flexibility index (Phi) is 5.56. The molecule has 136 valence electrons. The summed E-state index contributed by atoms with van der Waals surface area (Å²) in [5.41, 5.74) is 7.77. The number of carbonyl (C=O) groups is 2. The fourth-order valence-electron chi connectivity index (χ4n) is 2.60. The molecule has 0 saturated carbocycles. The summed E-state index contributed by atoms with van der Waals surface area (Å²) in [6.45, 7) is 0. The zero-order valence-corrected chi connectivity index (χ0v) is 14.9. The van der Waals surface area contributed by atoms with Gasteiger partial charge in [-0.25, -0.2) is 9.97 Å². The first-order valence-corrected chi connectivity index (χ1v) is 8.45. The van der Waals surface area contributed by atoms with Crippen LogP contribution in [-0.4, -0.2) is 28.8 Å². The van der Waals surface area contributed by atoms with E-state index >= 15 is 0 Å². The van der Waals surface area contributed by atoms with Crippen molar-refractivity contribution >= 4 is 11.7 Å². The Balaban J connectivity index is 1.62. The monoisotopic (exact) mass is 361 g/mol. The van der Waals surface area contributed by atoms with Gasteiger partial charge in [-0.3, -0.25) is 9.59 Å². The Morgan fingerprint density at radius 2 is 1.44 bits per heavy atom. The van der Waals surface area contributed by atoms with Crippen LogP contribution in [-0.2, 0) is 12.8 Å². The highest BCUT2D eigenvalue weighted by molar-refractivity contribution is 6.08. The number of primary amides is 1. The van der Waals surface area contributed by atoms with Gasteiger partial charge in [0.15, 0.2) is 5.78 Å². The van der Waals surface area contributed by atoms with E-state index in [0.717, 1.165) is 12.0 Å². The van der Waals surface area contributed by atoms with Gasteiger partial charge in [-0.2, -0.15) is 0 Å². The average molecular weight is 361 g/mol. The third-order valence-electron chi connectivity index (χ3n) is 4.20. The lowest BCUT2D eigenvalue weighted by atomic mass is 10.1. The molecule has 6 nitrogen and oxygen atoms in total. The smallest absolute Gasteiger partial charge is 0.248 e. The van der Waals surface area contributed by atoms with E-state index in [1.54, 1.807) is 55.9 Å². The number of hydrogen-bond acceptors (Lipinski definition) is 5. The standard InChI is InChI=1S/C21H19N3O3/c1-27-18-9-7-15(8-10-18)20(25)17-12-23-19(24-13-17)11-4-14-2-5-16(6-3-14)21(22)26/h2-3,5-10,12-13H,4,11H2,1H3,(H2,22,26). The van der Waals surface area contributed by atoms with Crippen molar-refractivity contribution in [2.24, 2.45) is 5.73 Å². The second-order valence-electron chi connectivity index (χ2n) is 6.01. The van der Waals surface area contributed by atoms with Crippen molar-refractivity contribution in [2.45, 2.75) is 12.8 Å². The second-order valence-corrected chi connectivity index (χ2v) is 6.01. The fraction of sp³-hybridized carbons (Fsp3) is 0.143. The normalized spacial score (nSPS) is 10.4. The van der Waals surface area contributed by atoms with Gasteiger partial charge in [-0.05, 0) is 48.4 Å². The van der Waals surface area contributed by atoms with Crippen molar-refractivity contribution in [1.82, 2.24) is 9.97 Å². The Morgan fingerprint density at radius 1 is 0.852 bits per heavy atom. The Labute approximate surface area is 157 Å². The van der Waals surface area contributed by atoms with Gasteiger partial charge >= 0.3 is 0 Å². The first kappa shape index (κ1) is 18.3. The molecule has 3 rings (SSSR count). The lowest BCUT2D eigenvalue weighted by Crippen LogP contribution is -2.10. The third-order valence-corrected chi connectivity index (χ3v) is 4.20. The molecule has 0 aliphatic heterocycles. The molecule has 0 fully saturated rings. The molecule has 0 radical (unpaired) electrons. The summed E-state index contributed by atoms with van der Waals surface area (Å²) >= 11 is 0. The largest absolute Gasteiger partial charge is 0.497 e. The number of methoxy groups -OCH3 is 1. The molecule has 0 atom stereocenters. The molecule has 27 heavy (non-hydrogen) atoms. The van der Waals surface area contributed by atoms with E-state index < -0.39 is 5.91 Å². The average Bonchev–Trinajstić information content (AvgIpc) is 2.72. The zero-order valence-electron chi connectivity index (χ0n) is 14.9. The number of aryl methyl sites for hydroxylation is 2. The van der Waals surface area contributed by atoms with Crippen LogP contribution in [0.5, 0.6) is 5.75 Å². The molecule has 0 saturated heterocycles. The second kappa shape index (κ2) is 8.23. The number of nitrogens with two attached hydrogens (primary N) is 1. The summed E-state index contributed by atoms with van der Waals surface area (Å²) in [6.07, 6.45) is 4.45. The molecule has 0 unspecified atom stereocenters. The van der Waals surface area contributed by atoms with Crippen LogP contribution in [0.25, 0.3) is 0 Å². The van der Waals surface area contributed by atoms with Gasteiger partial charge in [0.05, 0.1) is 12.7 Å². The van der Waals surface area contributed by atoms with Crippen molar-refractivity contribution < 1.29 is 14.3 Å². The van der Waals surface area contributed by atoms with E-state index in [9.17, 15) is 9.59 Å². The molecule has 3 aromatic rings. The highest BCUT2D eigenvalue weighted by Gasteiger charge is 2.10. The number of amides is 1. The number of ketones is 1. The van der Waals surface area contributed by atoms with Crippen LogP contribution in [0.4, 0.5) is 0 Å². The molecule has 0 spiro atoms. The molecular weight excluding hydrogens is 342 g/mol. The topological polar surface area (TPSA) is 95.2 Å². The van der Waals surface area contributed by atoms with Crippen LogP contribution >= 0.6 is 0 Å². The lowest BCUT2D eigenvalue weighted by molar-refractivity contribution is 0.0998. The number of benzene rings is 2. The molecule has 1 amide bonds. The minimum Gasteiger partial charge on any atom is -0.497 e. The van der Waals surface area contributed by atoms with Crippen LogP contribution in [0.3, 0.4) is 0 Å². The van der Waals surface area contributed by atoms with Gasteiger partial charge in [0.25, 0.3) is 0 Å². The van der Waals surface area contributed by atoms with Crippen LogP contribution in [0.2, 0.25) is 0 Å². The summed E-state index contributed by atoms with van der Waals surface area (Å²) in [7, 11) is 1.58. The van der Waals surface area contributed by atoms with Crippen molar-refractivity contribution in [2.75, 3.05) is 7.11 Å². The molecule has 2 aromatic carbocycles. The minimum absolute atomic E-state index is 0.133.